The van der Waals surface area contributed by atoms with Crippen LogP contribution >= 0.6 is 21.6 Å². The quantitative estimate of drug-likeness (QED) is 0.258. The molecule has 2 rings (SSSR count). The number of hydrogen-bond donors (Lipinski definition) is 0. The molecule has 0 N–H and O–H groups in total. The molecule has 2 aromatic rings. The van der Waals surface area contributed by atoms with Gasteiger partial charge in [-0.2, -0.15) is 0 Å². The number of unbranched alkanes of at least 4 members (excludes halogenated alkanes) is 4. The molecule has 26 heavy (non-hydrogen) atoms. The van der Waals surface area contributed by atoms with E-state index in [9.17, 15) is 0 Å². The highest BCUT2D eigenvalue weighted by atomic mass is 33.1. The standard InChI is InChI=1S/C22H30O2S2/c1-3-5-7-17-23-19-9-13-21(14-10-19)25-26-22-15-11-20(12-16-22)24-18-8-6-4-2/h9-16H,3-8,17-18H2,1-2H3. The summed E-state index contributed by atoms with van der Waals surface area (Å²) in [6.07, 6.45) is 7.16. The van der Waals surface area contributed by atoms with Crippen LogP contribution in [0.15, 0.2) is 58.3 Å². The molecule has 142 valence electrons. The van der Waals surface area contributed by atoms with Gasteiger partial charge in [-0.3, -0.25) is 0 Å². The molecule has 0 fully saturated rings. The fourth-order valence-electron chi connectivity index (χ4n) is 2.36. The minimum absolute atomic E-state index is 0.807. The maximum Gasteiger partial charge on any atom is 0.119 e. The Hall–Kier alpha value is -1.26. The summed E-state index contributed by atoms with van der Waals surface area (Å²) in [5, 5.41) is 0. The topological polar surface area (TPSA) is 18.5 Å². The third-order valence-electron chi connectivity index (χ3n) is 3.91. The van der Waals surface area contributed by atoms with E-state index >= 15 is 0 Å². The number of hydrogen-bond acceptors (Lipinski definition) is 4. The molecule has 0 saturated carbocycles. The van der Waals surface area contributed by atoms with Crippen molar-refractivity contribution in [1.29, 1.82) is 0 Å². The summed E-state index contributed by atoms with van der Waals surface area (Å²) >= 11 is 0. The van der Waals surface area contributed by atoms with Crippen LogP contribution in [0.1, 0.15) is 52.4 Å². The van der Waals surface area contributed by atoms with E-state index in [1.807, 2.05) is 0 Å². The van der Waals surface area contributed by atoms with Crippen molar-refractivity contribution in [3.05, 3.63) is 48.5 Å². The molecule has 0 spiro atoms. The van der Waals surface area contributed by atoms with Crippen molar-refractivity contribution >= 4 is 21.6 Å². The molecule has 0 aliphatic heterocycles. The van der Waals surface area contributed by atoms with Gasteiger partial charge in [0.25, 0.3) is 0 Å². The summed E-state index contributed by atoms with van der Waals surface area (Å²) in [6.45, 7) is 6.03. The Morgan fingerprint density at radius 3 is 1.31 bits per heavy atom. The van der Waals surface area contributed by atoms with Gasteiger partial charge in [-0.05, 0) is 61.4 Å². The molecule has 0 aromatic heterocycles. The minimum Gasteiger partial charge on any atom is -0.494 e. The fourth-order valence-corrected chi connectivity index (χ4v) is 4.29. The van der Waals surface area contributed by atoms with Gasteiger partial charge < -0.3 is 9.47 Å². The van der Waals surface area contributed by atoms with Gasteiger partial charge >= 0.3 is 0 Å². The van der Waals surface area contributed by atoms with Crippen LogP contribution in [0.4, 0.5) is 0 Å². The molecule has 0 amide bonds. The first-order valence-electron chi connectivity index (χ1n) is 9.62. The van der Waals surface area contributed by atoms with Crippen LogP contribution < -0.4 is 9.47 Å². The van der Waals surface area contributed by atoms with Crippen LogP contribution in [0.25, 0.3) is 0 Å². The Balaban J connectivity index is 1.70. The maximum absolute atomic E-state index is 5.76. The highest BCUT2D eigenvalue weighted by Crippen LogP contribution is 2.38. The summed E-state index contributed by atoms with van der Waals surface area (Å²) in [5.41, 5.74) is 0. The van der Waals surface area contributed by atoms with Gasteiger partial charge in [0.15, 0.2) is 0 Å². The van der Waals surface area contributed by atoms with E-state index in [1.165, 1.54) is 35.5 Å². The summed E-state index contributed by atoms with van der Waals surface area (Å²) in [7, 11) is 3.53. The molecule has 4 heteroatoms. The lowest BCUT2D eigenvalue weighted by Crippen LogP contribution is -1.96. The smallest absolute Gasteiger partial charge is 0.119 e. The lowest BCUT2D eigenvalue weighted by molar-refractivity contribution is 0.306. The third kappa shape index (κ3) is 8.41. The molecule has 0 radical (unpaired) electrons. The molecule has 0 unspecified atom stereocenters. The van der Waals surface area contributed by atoms with Gasteiger partial charge in [0.2, 0.25) is 0 Å². The van der Waals surface area contributed by atoms with Crippen molar-refractivity contribution < 1.29 is 9.47 Å². The van der Waals surface area contributed by atoms with Crippen LogP contribution in [0.2, 0.25) is 0 Å². The van der Waals surface area contributed by atoms with Gasteiger partial charge in [0.05, 0.1) is 13.2 Å². The summed E-state index contributed by atoms with van der Waals surface area (Å²) in [4.78, 5) is 2.46. The average Bonchev–Trinajstić information content (AvgIpc) is 2.69. The van der Waals surface area contributed by atoms with Crippen LogP contribution in [0.5, 0.6) is 11.5 Å². The van der Waals surface area contributed by atoms with Gasteiger partial charge in [0, 0.05) is 9.79 Å². The van der Waals surface area contributed by atoms with Crippen LogP contribution in [-0.2, 0) is 0 Å². The number of benzene rings is 2. The van der Waals surface area contributed by atoms with Gasteiger partial charge in [-0.25, -0.2) is 0 Å². The predicted octanol–water partition coefficient (Wildman–Crippen LogP) is 7.62. The second-order valence-electron chi connectivity index (χ2n) is 6.22. The van der Waals surface area contributed by atoms with Crippen LogP contribution in [0, 0.1) is 0 Å². The zero-order chi connectivity index (χ0) is 18.5. The highest BCUT2D eigenvalue weighted by Gasteiger charge is 2.01. The van der Waals surface area contributed by atoms with Crippen LogP contribution in [0.3, 0.4) is 0 Å². The highest BCUT2D eigenvalue weighted by molar-refractivity contribution is 8.76. The molecule has 0 saturated heterocycles. The Bertz CT molecular complexity index is 541. The van der Waals surface area contributed by atoms with E-state index in [0.717, 1.165) is 37.6 Å². The van der Waals surface area contributed by atoms with E-state index in [2.05, 4.69) is 62.4 Å². The predicted molar refractivity (Wildman–Crippen MR) is 115 cm³/mol. The second kappa shape index (κ2) is 13.0. The monoisotopic (exact) mass is 390 g/mol. The lowest BCUT2D eigenvalue weighted by Gasteiger charge is -2.08. The van der Waals surface area contributed by atoms with Gasteiger partial charge in [0.1, 0.15) is 11.5 Å². The Labute approximate surface area is 166 Å². The first-order chi connectivity index (χ1) is 12.8. The molecule has 2 nitrogen and oxygen atoms in total. The molecule has 0 bridgehead atoms. The fraction of sp³-hybridized carbons (Fsp3) is 0.455. The zero-order valence-corrected chi connectivity index (χ0v) is 17.5. The number of rotatable bonds is 13. The van der Waals surface area contributed by atoms with Crippen molar-refractivity contribution in [3.8, 4) is 11.5 Å². The van der Waals surface area contributed by atoms with E-state index < -0.39 is 0 Å². The van der Waals surface area contributed by atoms with Crippen molar-refractivity contribution in [1.82, 2.24) is 0 Å². The van der Waals surface area contributed by atoms with E-state index in [0.29, 0.717) is 0 Å². The van der Waals surface area contributed by atoms with Crippen molar-refractivity contribution in [2.75, 3.05) is 13.2 Å². The van der Waals surface area contributed by atoms with E-state index in [4.69, 9.17) is 9.47 Å². The molecule has 0 aliphatic rings. The Morgan fingerprint density at radius 1 is 0.577 bits per heavy atom. The Morgan fingerprint density at radius 2 is 0.962 bits per heavy atom. The van der Waals surface area contributed by atoms with Crippen LogP contribution in [-0.4, -0.2) is 13.2 Å². The minimum atomic E-state index is 0.807. The molecular formula is C22H30O2S2. The second-order valence-corrected chi connectivity index (χ2v) is 8.50. The third-order valence-corrected chi connectivity index (χ3v) is 6.33. The molecule has 2 aromatic carbocycles. The first-order valence-corrected chi connectivity index (χ1v) is 11.8. The van der Waals surface area contributed by atoms with Gasteiger partial charge in [-0.15, -0.1) is 0 Å². The average molecular weight is 391 g/mol. The van der Waals surface area contributed by atoms with Gasteiger partial charge in [-0.1, -0.05) is 61.1 Å². The first kappa shape index (κ1) is 21.0. The zero-order valence-electron chi connectivity index (χ0n) is 15.9. The summed E-state index contributed by atoms with van der Waals surface area (Å²) < 4.78 is 11.5. The molecule has 0 aliphatic carbocycles. The van der Waals surface area contributed by atoms with Crippen molar-refractivity contribution in [2.24, 2.45) is 0 Å². The summed E-state index contributed by atoms with van der Waals surface area (Å²) in [6, 6.07) is 16.7. The Kier molecular flexibility index (Phi) is 10.5. The SMILES string of the molecule is CCCCCOc1ccc(SSc2ccc(OCCCCC)cc2)cc1. The normalized spacial score (nSPS) is 10.7. The maximum atomic E-state index is 5.76. The number of ether oxygens (including phenoxy) is 2. The van der Waals surface area contributed by atoms with E-state index in [1.54, 1.807) is 21.6 Å². The molecule has 0 heterocycles. The largest absolute Gasteiger partial charge is 0.494 e. The lowest BCUT2D eigenvalue weighted by atomic mass is 10.3. The van der Waals surface area contributed by atoms with Crippen molar-refractivity contribution in [2.45, 2.75) is 62.2 Å². The van der Waals surface area contributed by atoms with E-state index in [-0.39, 0.29) is 0 Å². The summed E-state index contributed by atoms with van der Waals surface area (Å²) in [5.74, 6) is 1.92. The molecular weight excluding hydrogens is 360 g/mol. The van der Waals surface area contributed by atoms with Crippen molar-refractivity contribution in [3.63, 3.8) is 0 Å². The molecule has 0 atom stereocenters.